The third-order valence-electron chi connectivity index (χ3n) is 8.58. The molecule has 1 saturated carbocycles. The van der Waals surface area contributed by atoms with E-state index in [0.717, 1.165) is 28.3 Å². The SMILES string of the molecule is Cc1ccc(S(=O)(=O)N(CC(=O)N(Cc2ccc(C3CCCCC3)cc2)c2ccc(C(O)O)c(O)c2)Cc2ccccc2Cl)cc1. The van der Waals surface area contributed by atoms with E-state index in [4.69, 9.17) is 11.6 Å². The number of phenolic OH excluding ortho intramolecular Hbond substituents is 1. The molecular formula is C36H39ClN2O6S. The van der Waals surface area contributed by atoms with Crippen molar-refractivity contribution >= 4 is 33.2 Å². The molecule has 0 spiro atoms. The number of hydrogen-bond donors (Lipinski definition) is 3. The summed E-state index contributed by atoms with van der Waals surface area (Å²) < 4.78 is 29.1. The van der Waals surface area contributed by atoms with Crippen LogP contribution in [0.4, 0.5) is 5.69 Å². The normalized spacial score (nSPS) is 14.1. The van der Waals surface area contributed by atoms with Gasteiger partial charge in [-0.2, -0.15) is 4.31 Å². The van der Waals surface area contributed by atoms with Crippen molar-refractivity contribution in [1.29, 1.82) is 0 Å². The molecule has 0 heterocycles. The molecule has 0 bridgehead atoms. The van der Waals surface area contributed by atoms with Crippen molar-refractivity contribution in [2.45, 2.75) is 69.2 Å². The average molecular weight is 663 g/mol. The first-order chi connectivity index (χ1) is 22.0. The Kier molecular flexibility index (Phi) is 10.8. The highest BCUT2D eigenvalue weighted by Crippen LogP contribution is 2.34. The number of benzene rings is 4. The zero-order valence-electron chi connectivity index (χ0n) is 25.7. The van der Waals surface area contributed by atoms with Crippen LogP contribution in [0.5, 0.6) is 5.75 Å². The molecule has 0 unspecified atom stereocenters. The topological polar surface area (TPSA) is 118 Å². The molecule has 1 aliphatic carbocycles. The molecule has 242 valence electrons. The van der Waals surface area contributed by atoms with Gasteiger partial charge in [-0.25, -0.2) is 8.42 Å². The van der Waals surface area contributed by atoms with Gasteiger partial charge in [-0.05, 0) is 72.7 Å². The van der Waals surface area contributed by atoms with Crippen LogP contribution in [0.2, 0.25) is 5.02 Å². The van der Waals surface area contributed by atoms with Gasteiger partial charge in [-0.3, -0.25) is 4.79 Å². The number of rotatable bonds is 11. The van der Waals surface area contributed by atoms with E-state index in [2.05, 4.69) is 12.1 Å². The number of aliphatic hydroxyl groups is 2. The van der Waals surface area contributed by atoms with Crippen molar-refractivity contribution in [2.24, 2.45) is 0 Å². The maximum absolute atomic E-state index is 14.2. The molecule has 4 aromatic rings. The summed E-state index contributed by atoms with van der Waals surface area (Å²) >= 11 is 6.43. The van der Waals surface area contributed by atoms with E-state index in [-0.39, 0.29) is 29.2 Å². The standard InChI is InChI=1S/C36H39ClN2O6S/c1-25-11-18-31(19-12-25)46(44,45)38(23-29-9-5-6-10-33(29)37)24-35(41)39(30-17-20-32(36(42)43)34(40)21-30)22-26-13-15-28(16-14-26)27-7-3-2-4-8-27/h5-6,9-21,27,36,40,42-43H,2-4,7-8,22-24H2,1H3. The molecule has 0 aliphatic heterocycles. The molecule has 1 aliphatic rings. The van der Waals surface area contributed by atoms with E-state index in [0.29, 0.717) is 16.5 Å². The Morgan fingerprint density at radius 1 is 0.891 bits per heavy atom. The van der Waals surface area contributed by atoms with E-state index in [1.165, 1.54) is 60.1 Å². The van der Waals surface area contributed by atoms with Crippen molar-refractivity contribution in [3.63, 3.8) is 0 Å². The van der Waals surface area contributed by atoms with E-state index in [1.54, 1.807) is 36.4 Å². The first-order valence-corrected chi connectivity index (χ1v) is 17.2. The number of anilines is 1. The Hall–Kier alpha value is -3.73. The fourth-order valence-electron chi connectivity index (χ4n) is 5.89. The first-order valence-electron chi connectivity index (χ1n) is 15.4. The molecule has 1 amide bonds. The van der Waals surface area contributed by atoms with Gasteiger partial charge in [-0.1, -0.05) is 91.0 Å². The molecule has 0 aromatic heterocycles. The van der Waals surface area contributed by atoms with Crippen LogP contribution in [-0.2, 0) is 27.9 Å². The molecule has 1 fully saturated rings. The third-order valence-corrected chi connectivity index (χ3v) is 10.8. The van der Waals surface area contributed by atoms with Crippen molar-refractivity contribution in [1.82, 2.24) is 4.31 Å². The number of amides is 1. The molecule has 0 atom stereocenters. The summed E-state index contributed by atoms with van der Waals surface area (Å²) in [4.78, 5) is 15.7. The summed E-state index contributed by atoms with van der Waals surface area (Å²) in [6.45, 7) is 1.28. The number of carbonyl (C=O) groups excluding carboxylic acids is 1. The summed E-state index contributed by atoms with van der Waals surface area (Å²) in [5.74, 6) is -0.436. The molecular weight excluding hydrogens is 624 g/mol. The molecule has 5 rings (SSSR count). The van der Waals surface area contributed by atoms with Crippen LogP contribution in [0.1, 0.15) is 72.1 Å². The van der Waals surface area contributed by atoms with Crippen LogP contribution in [0, 0.1) is 6.92 Å². The van der Waals surface area contributed by atoms with Gasteiger partial charge in [0.2, 0.25) is 15.9 Å². The number of aromatic hydroxyl groups is 1. The van der Waals surface area contributed by atoms with Crippen LogP contribution in [0.15, 0.2) is 95.9 Å². The van der Waals surface area contributed by atoms with Crippen LogP contribution < -0.4 is 4.90 Å². The minimum absolute atomic E-state index is 0.0433. The van der Waals surface area contributed by atoms with Crippen molar-refractivity contribution in [3.05, 3.63) is 124 Å². The minimum Gasteiger partial charge on any atom is -0.507 e. The predicted octanol–water partition coefficient (Wildman–Crippen LogP) is 6.81. The lowest BCUT2D eigenvalue weighted by molar-refractivity contribution is -0.119. The third kappa shape index (κ3) is 7.97. The average Bonchev–Trinajstić information content (AvgIpc) is 3.05. The Labute approximate surface area is 275 Å². The maximum atomic E-state index is 14.2. The number of nitrogens with zero attached hydrogens (tertiary/aromatic N) is 2. The summed E-state index contributed by atoms with van der Waals surface area (Å²) in [5.41, 5.74) is 3.66. The second-order valence-electron chi connectivity index (χ2n) is 11.9. The monoisotopic (exact) mass is 662 g/mol. The number of aliphatic hydroxyl groups excluding tert-OH is 1. The maximum Gasteiger partial charge on any atom is 0.243 e. The summed E-state index contributed by atoms with van der Waals surface area (Å²) in [5, 5.41) is 30.2. The second kappa shape index (κ2) is 14.8. The predicted molar refractivity (Wildman–Crippen MR) is 179 cm³/mol. The zero-order chi connectivity index (χ0) is 32.8. The lowest BCUT2D eigenvalue weighted by atomic mass is 9.84. The van der Waals surface area contributed by atoms with Gasteiger partial charge < -0.3 is 20.2 Å². The molecule has 10 heteroatoms. The Morgan fingerprint density at radius 3 is 2.20 bits per heavy atom. The van der Waals surface area contributed by atoms with Crippen LogP contribution >= 0.6 is 11.6 Å². The van der Waals surface area contributed by atoms with Crippen molar-refractivity contribution < 1.29 is 28.5 Å². The minimum atomic E-state index is -4.15. The Morgan fingerprint density at radius 2 is 1.57 bits per heavy atom. The highest BCUT2D eigenvalue weighted by atomic mass is 35.5. The lowest BCUT2D eigenvalue weighted by Gasteiger charge is -2.28. The van der Waals surface area contributed by atoms with E-state index in [9.17, 15) is 28.5 Å². The number of aryl methyl sites for hydroxylation is 1. The van der Waals surface area contributed by atoms with Crippen molar-refractivity contribution in [2.75, 3.05) is 11.4 Å². The number of sulfonamides is 1. The lowest BCUT2D eigenvalue weighted by Crippen LogP contribution is -2.42. The highest BCUT2D eigenvalue weighted by molar-refractivity contribution is 7.89. The fraction of sp³-hybridized carbons (Fsp3) is 0.306. The van der Waals surface area contributed by atoms with Gasteiger partial charge >= 0.3 is 0 Å². The second-order valence-corrected chi connectivity index (χ2v) is 14.2. The Balaban J connectivity index is 1.49. The van der Waals surface area contributed by atoms with Gasteiger partial charge in [0.15, 0.2) is 6.29 Å². The zero-order valence-corrected chi connectivity index (χ0v) is 27.3. The molecule has 8 nitrogen and oxygen atoms in total. The van der Waals surface area contributed by atoms with Crippen LogP contribution in [0.25, 0.3) is 0 Å². The van der Waals surface area contributed by atoms with E-state index >= 15 is 0 Å². The largest absolute Gasteiger partial charge is 0.507 e. The summed E-state index contributed by atoms with van der Waals surface area (Å²) in [7, 11) is -4.15. The van der Waals surface area contributed by atoms with Crippen molar-refractivity contribution in [3.8, 4) is 5.75 Å². The molecule has 0 saturated heterocycles. The molecule has 46 heavy (non-hydrogen) atoms. The van der Waals surface area contributed by atoms with Crippen LogP contribution in [-0.4, -0.2) is 40.5 Å². The van der Waals surface area contributed by atoms with Gasteiger partial charge in [0, 0.05) is 28.9 Å². The van der Waals surface area contributed by atoms with Gasteiger partial charge in [0.25, 0.3) is 0 Å². The van der Waals surface area contributed by atoms with E-state index < -0.39 is 34.5 Å². The van der Waals surface area contributed by atoms with Crippen LogP contribution in [0.3, 0.4) is 0 Å². The first kappa shape index (κ1) is 33.6. The number of halogens is 1. The fourth-order valence-corrected chi connectivity index (χ4v) is 7.46. The number of carbonyl (C=O) groups is 1. The summed E-state index contributed by atoms with van der Waals surface area (Å²) in [6.07, 6.45) is 4.10. The molecule has 3 N–H and O–H groups in total. The van der Waals surface area contributed by atoms with Gasteiger partial charge in [0.1, 0.15) is 5.75 Å². The number of hydrogen-bond acceptors (Lipinski definition) is 6. The molecule has 4 aromatic carbocycles. The van der Waals surface area contributed by atoms with Gasteiger partial charge in [-0.15, -0.1) is 0 Å². The number of phenols is 1. The molecule has 0 radical (unpaired) electrons. The smallest absolute Gasteiger partial charge is 0.243 e. The highest BCUT2D eigenvalue weighted by Gasteiger charge is 2.30. The van der Waals surface area contributed by atoms with E-state index in [1.807, 2.05) is 19.1 Å². The Bertz CT molecular complexity index is 1750. The van der Waals surface area contributed by atoms with Gasteiger partial charge in [0.05, 0.1) is 18.0 Å². The quantitative estimate of drug-likeness (QED) is 0.152. The summed E-state index contributed by atoms with van der Waals surface area (Å²) in [6, 6.07) is 25.5.